The lowest BCUT2D eigenvalue weighted by atomic mass is 10.1. The average molecular weight is 284 g/mol. The maximum absolute atomic E-state index is 12.3. The fourth-order valence-electron chi connectivity index (χ4n) is 1.87. The Kier molecular flexibility index (Phi) is 4.66. The lowest BCUT2D eigenvalue weighted by molar-refractivity contribution is -0.152. The first-order valence-electron chi connectivity index (χ1n) is 6.53. The Balaban J connectivity index is 2.20. The molecular formula is C16H16N2O3. The van der Waals surface area contributed by atoms with Crippen molar-refractivity contribution in [3.8, 4) is 0 Å². The van der Waals surface area contributed by atoms with Crippen LogP contribution in [0.25, 0.3) is 0 Å². The highest BCUT2D eigenvalue weighted by Gasteiger charge is 2.24. The van der Waals surface area contributed by atoms with Gasteiger partial charge in [-0.05, 0) is 19.1 Å². The molecule has 1 aromatic carbocycles. The highest BCUT2D eigenvalue weighted by atomic mass is 16.5. The fourth-order valence-corrected chi connectivity index (χ4v) is 1.87. The number of aryl methyl sites for hydroxylation is 1. The van der Waals surface area contributed by atoms with Crippen LogP contribution in [0.15, 0.2) is 48.5 Å². The maximum atomic E-state index is 12.3. The number of ether oxygens (including phenoxy) is 1. The third-order valence-corrected chi connectivity index (χ3v) is 2.76. The molecule has 0 saturated carbocycles. The molecule has 1 heterocycles. The Morgan fingerprint density at radius 1 is 1.10 bits per heavy atom. The highest BCUT2D eigenvalue weighted by molar-refractivity contribution is 5.95. The second-order valence-corrected chi connectivity index (χ2v) is 4.55. The molecule has 1 aromatic heterocycles. The van der Waals surface area contributed by atoms with Crippen molar-refractivity contribution in [2.75, 3.05) is 5.32 Å². The first-order chi connectivity index (χ1) is 10.1. The standard InChI is InChI=1S/C16H16N2O3/c1-11-7-6-10-14(17-11)18-16(20)15(21-12(2)19)13-8-4-3-5-9-13/h3-10,15H,1-2H3,(H,17,18,20)/t15-/m0/s1. The number of nitrogens with zero attached hydrogens (tertiary/aromatic N) is 1. The summed E-state index contributed by atoms with van der Waals surface area (Å²) in [6.45, 7) is 3.10. The SMILES string of the molecule is CC(=O)O[C@H](C(=O)Nc1cccc(C)n1)c1ccccc1. The number of carbonyl (C=O) groups is 2. The molecule has 1 N–H and O–H groups in total. The number of hydrogen-bond donors (Lipinski definition) is 1. The first-order valence-corrected chi connectivity index (χ1v) is 6.53. The van der Waals surface area contributed by atoms with E-state index >= 15 is 0 Å². The molecule has 0 aliphatic heterocycles. The predicted molar refractivity (Wildman–Crippen MR) is 78.6 cm³/mol. The van der Waals surface area contributed by atoms with Crippen LogP contribution in [0.2, 0.25) is 0 Å². The van der Waals surface area contributed by atoms with E-state index in [0.717, 1.165) is 5.69 Å². The molecule has 21 heavy (non-hydrogen) atoms. The molecule has 0 aliphatic carbocycles. The number of rotatable bonds is 4. The Hall–Kier alpha value is -2.69. The summed E-state index contributed by atoms with van der Waals surface area (Å²) in [5.74, 6) is -0.529. The van der Waals surface area contributed by atoms with E-state index in [2.05, 4.69) is 10.3 Å². The topological polar surface area (TPSA) is 68.3 Å². The Labute approximate surface area is 123 Å². The number of anilines is 1. The molecule has 0 unspecified atom stereocenters. The molecule has 0 spiro atoms. The maximum Gasteiger partial charge on any atom is 0.303 e. The smallest absolute Gasteiger partial charge is 0.303 e. The third-order valence-electron chi connectivity index (χ3n) is 2.76. The van der Waals surface area contributed by atoms with Crippen LogP contribution in [-0.2, 0) is 14.3 Å². The molecular weight excluding hydrogens is 268 g/mol. The fraction of sp³-hybridized carbons (Fsp3) is 0.188. The molecule has 0 aliphatic rings. The van der Waals surface area contributed by atoms with Gasteiger partial charge in [-0.25, -0.2) is 4.98 Å². The Bertz CT molecular complexity index is 641. The summed E-state index contributed by atoms with van der Waals surface area (Å²) in [6.07, 6.45) is -0.994. The second kappa shape index (κ2) is 6.65. The van der Waals surface area contributed by atoms with Crippen molar-refractivity contribution in [1.82, 2.24) is 4.98 Å². The van der Waals surface area contributed by atoms with Crippen molar-refractivity contribution in [2.24, 2.45) is 0 Å². The minimum absolute atomic E-state index is 0.424. The summed E-state index contributed by atoms with van der Waals surface area (Å²) >= 11 is 0. The molecule has 0 saturated heterocycles. The lowest BCUT2D eigenvalue weighted by Gasteiger charge is -2.16. The van der Waals surface area contributed by atoms with Gasteiger partial charge in [0.2, 0.25) is 6.10 Å². The van der Waals surface area contributed by atoms with Crippen molar-refractivity contribution in [3.63, 3.8) is 0 Å². The van der Waals surface area contributed by atoms with Crippen LogP contribution < -0.4 is 5.32 Å². The predicted octanol–water partition coefficient (Wildman–Crippen LogP) is 2.63. The molecule has 0 bridgehead atoms. The zero-order valence-corrected chi connectivity index (χ0v) is 11.9. The summed E-state index contributed by atoms with van der Waals surface area (Å²) in [5, 5.41) is 2.66. The van der Waals surface area contributed by atoms with Gasteiger partial charge in [-0.2, -0.15) is 0 Å². The molecule has 0 fully saturated rings. The van der Waals surface area contributed by atoms with Gasteiger partial charge in [0.25, 0.3) is 5.91 Å². The van der Waals surface area contributed by atoms with Crippen LogP contribution in [0.5, 0.6) is 0 Å². The van der Waals surface area contributed by atoms with E-state index in [1.54, 1.807) is 36.4 Å². The molecule has 5 nitrogen and oxygen atoms in total. The van der Waals surface area contributed by atoms with Gasteiger partial charge in [0, 0.05) is 18.2 Å². The molecule has 108 valence electrons. The van der Waals surface area contributed by atoms with Crippen molar-refractivity contribution < 1.29 is 14.3 Å². The number of carbonyl (C=O) groups excluding carboxylic acids is 2. The molecule has 1 amide bonds. The first kappa shape index (κ1) is 14.7. The summed E-state index contributed by atoms with van der Waals surface area (Å²) in [5.41, 5.74) is 1.40. The zero-order valence-electron chi connectivity index (χ0n) is 11.9. The molecule has 0 radical (unpaired) electrons. The van der Waals surface area contributed by atoms with E-state index in [0.29, 0.717) is 11.4 Å². The number of hydrogen-bond acceptors (Lipinski definition) is 4. The molecule has 2 rings (SSSR count). The van der Waals surface area contributed by atoms with Gasteiger partial charge in [0.15, 0.2) is 0 Å². The summed E-state index contributed by atoms with van der Waals surface area (Å²) in [4.78, 5) is 27.7. The van der Waals surface area contributed by atoms with E-state index in [9.17, 15) is 9.59 Å². The van der Waals surface area contributed by atoms with Crippen LogP contribution in [0.4, 0.5) is 5.82 Å². The second-order valence-electron chi connectivity index (χ2n) is 4.55. The number of esters is 1. The van der Waals surface area contributed by atoms with Crippen LogP contribution >= 0.6 is 0 Å². The molecule has 5 heteroatoms. The van der Waals surface area contributed by atoms with Crippen molar-refractivity contribution in [1.29, 1.82) is 0 Å². The van der Waals surface area contributed by atoms with E-state index in [1.165, 1.54) is 6.92 Å². The Morgan fingerprint density at radius 2 is 1.81 bits per heavy atom. The molecule has 1 atom stereocenters. The van der Waals surface area contributed by atoms with Gasteiger partial charge in [0.1, 0.15) is 5.82 Å². The van der Waals surface area contributed by atoms with Gasteiger partial charge in [0.05, 0.1) is 0 Å². The summed E-state index contributed by atoms with van der Waals surface area (Å²) in [6, 6.07) is 14.2. The monoisotopic (exact) mass is 284 g/mol. The highest BCUT2D eigenvalue weighted by Crippen LogP contribution is 2.19. The third kappa shape index (κ3) is 4.14. The normalized spacial score (nSPS) is 11.5. The number of aromatic nitrogens is 1. The number of amides is 1. The van der Waals surface area contributed by atoms with E-state index in [1.807, 2.05) is 19.1 Å². The zero-order chi connectivity index (χ0) is 15.2. The summed E-state index contributed by atoms with van der Waals surface area (Å²) in [7, 11) is 0. The largest absolute Gasteiger partial charge is 0.447 e. The number of nitrogens with one attached hydrogen (secondary N) is 1. The quantitative estimate of drug-likeness (QED) is 0.876. The van der Waals surface area contributed by atoms with Crippen molar-refractivity contribution in [2.45, 2.75) is 20.0 Å². The van der Waals surface area contributed by atoms with Gasteiger partial charge in [-0.1, -0.05) is 36.4 Å². The number of pyridine rings is 1. The van der Waals surface area contributed by atoms with Crippen LogP contribution in [-0.4, -0.2) is 16.9 Å². The van der Waals surface area contributed by atoms with Crippen LogP contribution in [0.3, 0.4) is 0 Å². The van der Waals surface area contributed by atoms with Crippen molar-refractivity contribution >= 4 is 17.7 Å². The molecule has 2 aromatic rings. The number of benzene rings is 1. The minimum atomic E-state index is -0.994. The van der Waals surface area contributed by atoms with Gasteiger partial charge in [-0.3, -0.25) is 9.59 Å². The van der Waals surface area contributed by atoms with E-state index < -0.39 is 18.0 Å². The van der Waals surface area contributed by atoms with Crippen LogP contribution in [0.1, 0.15) is 24.3 Å². The minimum Gasteiger partial charge on any atom is -0.447 e. The van der Waals surface area contributed by atoms with Gasteiger partial charge < -0.3 is 10.1 Å². The van der Waals surface area contributed by atoms with Gasteiger partial charge in [-0.15, -0.1) is 0 Å². The van der Waals surface area contributed by atoms with Crippen molar-refractivity contribution in [3.05, 3.63) is 59.8 Å². The van der Waals surface area contributed by atoms with E-state index in [-0.39, 0.29) is 0 Å². The summed E-state index contributed by atoms with van der Waals surface area (Å²) < 4.78 is 5.12. The van der Waals surface area contributed by atoms with Crippen LogP contribution in [0, 0.1) is 6.92 Å². The Morgan fingerprint density at radius 3 is 2.43 bits per heavy atom. The van der Waals surface area contributed by atoms with E-state index in [4.69, 9.17) is 4.74 Å². The average Bonchev–Trinajstić information content (AvgIpc) is 2.45. The van der Waals surface area contributed by atoms with Gasteiger partial charge >= 0.3 is 5.97 Å². The lowest BCUT2D eigenvalue weighted by Crippen LogP contribution is -2.25.